The van der Waals surface area contributed by atoms with Gasteiger partial charge in [0.05, 0.1) is 12.2 Å². The molecule has 2 heterocycles. The molecule has 0 saturated carbocycles. The van der Waals surface area contributed by atoms with E-state index >= 15 is 0 Å². The minimum atomic E-state index is -4.52. The largest absolute Gasteiger partial charge is 0.416 e. The lowest BCUT2D eigenvalue weighted by atomic mass is 9.96. The summed E-state index contributed by atoms with van der Waals surface area (Å²) in [5, 5.41) is 2.66. The molecule has 5 rings (SSSR count). The van der Waals surface area contributed by atoms with Gasteiger partial charge in [0.25, 0.3) is 11.8 Å². The molecule has 3 amide bonds. The van der Waals surface area contributed by atoms with Crippen molar-refractivity contribution >= 4 is 17.7 Å². The lowest BCUT2D eigenvalue weighted by Gasteiger charge is -2.44. The lowest BCUT2D eigenvalue weighted by molar-refractivity contribution is -0.137. The number of nitrogens with one attached hydrogen (secondary N) is 1. The number of benzene rings is 3. The molecule has 2 aliphatic rings. The summed E-state index contributed by atoms with van der Waals surface area (Å²) >= 11 is 0. The van der Waals surface area contributed by atoms with Gasteiger partial charge < -0.3 is 15.0 Å². The van der Waals surface area contributed by atoms with Gasteiger partial charge in [-0.1, -0.05) is 29.8 Å². The zero-order valence-corrected chi connectivity index (χ0v) is 22.8. The predicted octanol–water partition coefficient (Wildman–Crippen LogP) is 4.94. The topological polar surface area (TPSA) is 79.0 Å². The molecule has 2 fully saturated rings. The maximum atomic E-state index is 13.9. The highest BCUT2D eigenvalue weighted by Crippen LogP contribution is 2.39. The molecule has 0 radical (unpaired) electrons. The summed E-state index contributed by atoms with van der Waals surface area (Å²) in [4.78, 5) is 43.3. The fourth-order valence-corrected chi connectivity index (χ4v) is 5.40. The standard InChI is InChI=1S/C31H29F4N3O4/c1-20-5-7-23(8-6-20)29(41)38-26(27(39)36-18-21-3-2-4-24(17-21)31(33,34)35)19-42-30(38)13-15-37(16-14-30)28(40)22-9-11-25(32)12-10-22/h2-12,17,26H,13-16,18-19H2,1H3,(H,36,39)/t26-/m1/s1. The normalized spacial score (nSPS) is 18.3. The molecule has 0 aromatic heterocycles. The fourth-order valence-electron chi connectivity index (χ4n) is 5.40. The maximum Gasteiger partial charge on any atom is 0.416 e. The van der Waals surface area contributed by atoms with Gasteiger partial charge in [-0.25, -0.2) is 4.39 Å². The van der Waals surface area contributed by atoms with Gasteiger partial charge in [0, 0.05) is 43.6 Å². The monoisotopic (exact) mass is 583 g/mol. The number of rotatable bonds is 5. The number of halogens is 4. The molecule has 0 bridgehead atoms. The van der Waals surface area contributed by atoms with Crippen LogP contribution < -0.4 is 5.32 Å². The lowest BCUT2D eigenvalue weighted by Crippen LogP contribution is -2.59. The van der Waals surface area contributed by atoms with Crippen molar-refractivity contribution in [2.75, 3.05) is 19.7 Å². The number of likely N-dealkylation sites (tertiary alicyclic amines) is 1. The molecular formula is C31H29F4N3O4. The van der Waals surface area contributed by atoms with E-state index in [2.05, 4.69) is 5.32 Å². The Kier molecular flexibility index (Phi) is 8.05. The fraction of sp³-hybridized carbons (Fsp3) is 0.323. The first-order valence-electron chi connectivity index (χ1n) is 13.5. The summed E-state index contributed by atoms with van der Waals surface area (Å²) < 4.78 is 58.9. The van der Waals surface area contributed by atoms with Gasteiger partial charge in [-0.05, 0) is 61.0 Å². The van der Waals surface area contributed by atoms with Crippen LogP contribution in [0.15, 0.2) is 72.8 Å². The van der Waals surface area contributed by atoms with Gasteiger partial charge in [-0.3, -0.25) is 19.3 Å². The summed E-state index contributed by atoms with van der Waals surface area (Å²) in [6, 6.07) is 15.8. The predicted molar refractivity (Wildman–Crippen MR) is 145 cm³/mol. The van der Waals surface area contributed by atoms with Gasteiger partial charge in [0.1, 0.15) is 17.6 Å². The molecule has 0 aliphatic carbocycles. The second kappa shape index (κ2) is 11.6. The number of piperidine rings is 1. The highest BCUT2D eigenvalue weighted by atomic mass is 19.4. The van der Waals surface area contributed by atoms with Gasteiger partial charge in [-0.2, -0.15) is 13.2 Å². The van der Waals surface area contributed by atoms with Crippen molar-refractivity contribution in [3.05, 3.63) is 106 Å². The average molecular weight is 584 g/mol. The van der Waals surface area contributed by atoms with Crippen LogP contribution in [-0.4, -0.2) is 59.0 Å². The van der Waals surface area contributed by atoms with E-state index in [1.54, 1.807) is 29.2 Å². The van der Waals surface area contributed by atoms with E-state index < -0.39 is 41.1 Å². The minimum Gasteiger partial charge on any atom is -0.353 e. The van der Waals surface area contributed by atoms with E-state index in [0.29, 0.717) is 11.1 Å². The van der Waals surface area contributed by atoms with E-state index in [4.69, 9.17) is 4.74 Å². The third-order valence-corrected chi connectivity index (χ3v) is 7.72. The van der Waals surface area contributed by atoms with Crippen LogP contribution in [0, 0.1) is 12.7 Å². The van der Waals surface area contributed by atoms with Crippen LogP contribution in [0.1, 0.15) is 50.2 Å². The summed E-state index contributed by atoms with van der Waals surface area (Å²) in [5.74, 6) is -1.72. The Bertz CT molecular complexity index is 1470. The third-order valence-electron chi connectivity index (χ3n) is 7.72. The Morgan fingerprint density at radius 3 is 2.19 bits per heavy atom. The molecular weight excluding hydrogens is 554 g/mol. The number of ether oxygens (including phenoxy) is 1. The van der Waals surface area contributed by atoms with E-state index in [-0.39, 0.29) is 50.6 Å². The summed E-state index contributed by atoms with van der Waals surface area (Å²) in [5.41, 5.74) is -0.0990. The smallest absolute Gasteiger partial charge is 0.353 e. The molecule has 42 heavy (non-hydrogen) atoms. The summed E-state index contributed by atoms with van der Waals surface area (Å²) in [6.07, 6.45) is -4.06. The number of aryl methyl sites for hydroxylation is 1. The van der Waals surface area contributed by atoms with Crippen molar-refractivity contribution in [3.63, 3.8) is 0 Å². The molecule has 11 heteroatoms. The number of carbonyl (C=O) groups is 3. The number of hydrogen-bond acceptors (Lipinski definition) is 4. The van der Waals surface area contributed by atoms with Crippen molar-refractivity contribution < 1.29 is 36.7 Å². The second-order valence-corrected chi connectivity index (χ2v) is 10.5. The zero-order chi connectivity index (χ0) is 30.1. The number of amides is 3. The molecule has 2 aliphatic heterocycles. The third kappa shape index (κ3) is 6.01. The molecule has 3 aromatic rings. The second-order valence-electron chi connectivity index (χ2n) is 10.5. The van der Waals surface area contributed by atoms with Gasteiger partial charge in [-0.15, -0.1) is 0 Å². The van der Waals surface area contributed by atoms with Gasteiger partial charge in [0.2, 0.25) is 5.91 Å². The zero-order valence-electron chi connectivity index (χ0n) is 22.8. The minimum absolute atomic E-state index is 0.113. The molecule has 1 N–H and O–H groups in total. The SMILES string of the molecule is Cc1ccc(C(=O)N2[C@@H](C(=O)NCc3cccc(C(F)(F)F)c3)COC23CCN(C(=O)c2ccc(F)cc2)CC3)cc1. The van der Waals surface area contributed by atoms with Crippen LogP contribution >= 0.6 is 0 Å². The first-order chi connectivity index (χ1) is 20.0. The van der Waals surface area contributed by atoms with Crippen LogP contribution in [0.3, 0.4) is 0 Å². The summed E-state index contributed by atoms with van der Waals surface area (Å²) in [6.45, 7) is 2.06. The Morgan fingerprint density at radius 1 is 0.929 bits per heavy atom. The highest BCUT2D eigenvalue weighted by molar-refractivity contribution is 5.98. The molecule has 0 unspecified atom stereocenters. The van der Waals surface area contributed by atoms with Crippen molar-refractivity contribution in [2.45, 2.75) is 44.3 Å². The van der Waals surface area contributed by atoms with Crippen LogP contribution in [0.25, 0.3) is 0 Å². The molecule has 1 spiro atoms. The quantitative estimate of drug-likeness (QED) is 0.432. The first kappa shape index (κ1) is 29.2. The van der Waals surface area contributed by atoms with Gasteiger partial charge in [0.15, 0.2) is 0 Å². The number of nitrogens with zero attached hydrogens (tertiary/aromatic N) is 2. The van der Waals surface area contributed by atoms with E-state index in [0.717, 1.165) is 17.7 Å². The van der Waals surface area contributed by atoms with Crippen molar-refractivity contribution in [1.29, 1.82) is 0 Å². The summed E-state index contributed by atoms with van der Waals surface area (Å²) in [7, 11) is 0. The Labute approximate surface area is 240 Å². The number of carbonyl (C=O) groups excluding carboxylic acids is 3. The van der Waals surface area contributed by atoms with Crippen LogP contribution in [0.4, 0.5) is 17.6 Å². The van der Waals surface area contributed by atoms with Crippen LogP contribution in [0.5, 0.6) is 0 Å². The van der Waals surface area contributed by atoms with Crippen LogP contribution in [-0.2, 0) is 22.3 Å². The Balaban J connectivity index is 1.35. The van der Waals surface area contributed by atoms with Crippen molar-refractivity contribution in [1.82, 2.24) is 15.1 Å². The average Bonchev–Trinajstić information content (AvgIpc) is 3.34. The first-order valence-corrected chi connectivity index (χ1v) is 13.5. The van der Waals surface area contributed by atoms with Gasteiger partial charge >= 0.3 is 6.18 Å². The molecule has 220 valence electrons. The van der Waals surface area contributed by atoms with Crippen LogP contribution in [0.2, 0.25) is 0 Å². The number of alkyl halides is 3. The molecule has 7 nitrogen and oxygen atoms in total. The van der Waals surface area contributed by atoms with Crippen molar-refractivity contribution in [2.24, 2.45) is 0 Å². The van der Waals surface area contributed by atoms with Crippen molar-refractivity contribution in [3.8, 4) is 0 Å². The van der Waals surface area contributed by atoms with E-state index in [1.807, 2.05) is 6.92 Å². The molecule has 3 aromatic carbocycles. The maximum absolute atomic E-state index is 13.9. The molecule has 2 saturated heterocycles. The van der Waals surface area contributed by atoms with E-state index in [9.17, 15) is 31.9 Å². The Morgan fingerprint density at radius 2 is 1.55 bits per heavy atom. The Hall–Kier alpha value is -4.25. The highest BCUT2D eigenvalue weighted by Gasteiger charge is 2.54. The number of hydrogen-bond donors (Lipinski definition) is 1. The molecule has 1 atom stereocenters. The van der Waals surface area contributed by atoms with E-state index in [1.165, 1.54) is 41.3 Å².